The Morgan fingerprint density at radius 3 is 2.58 bits per heavy atom. The Hall–Kier alpha value is -3.03. The standard InChI is InChI=1S/C23H21ClN4O2S/c1-15-12-19(24)13-20-21(15)26-23(31-20)28(10-3-9-27-11-8-25-14-27)22(30)18-6-4-17(5-7-18)16(2)29/h4-8,11-14H,3,9-10H2,1-2H3. The van der Waals surface area contributed by atoms with Crippen molar-refractivity contribution in [2.75, 3.05) is 11.4 Å². The highest BCUT2D eigenvalue weighted by molar-refractivity contribution is 7.22. The molecule has 2 heterocycles. The van der Waals surface area contributed by atoms with Gasteiger partial charge in [0.05, 0.1) is 16.5 Å². The number of hydrogen-bond donors (Lipinski definition) is 0. The van der Waals surface area contributed by atoms with E-state index in [9.17, 15) is 9.59 Å². The highest BCUT2D eigenvalue weighted by Gasteiger charge is 2.22. The summed E-state index contributed by atoms with van der Waals surface area (Å²) in [6.45, 7) is 4.71. The summed E-state index contributed by atoms with van der Waals surface area (Å²) in [6.07, 6.45) is 6.13. The molecule has 4 aromatic rings. The van der Waals surface area contributed by atoms with Crippen molar-refractivity contribution < 1.29 is 9.59 Å². The third-order valence-corrected chi connectivity index (χ3v) is 6.25. The molecule has 0 saturated heterocycles. The number of carbonyl (C=O) groups is 2. The largest absolute Gasteiger partial charge is 0.337 e. The lowest BCUT2D eigenvalue weighted by molar-refractivity contribution is 0.0982. The van der Waals surface area contributed by atoms with Gasteiger partial charge in [0.2, 0.25) is 0 Å². The molecule has 4 rings (SSSR count). The second-order valence-corrected chi connectivity index (χ2v) is 8.76. The number of Topliss-reactive ketones (excluding diaryl/α,β-unsaturated/α-hetero) is 1. The number of thiazole rings is 1. The van der Waals surface area contributed by atoms with E-state index in [-0.39, 0.29) is 11.7 Å². The minimum absolute atomic E-state index is 0.0327. The third kappa shape index (κ3) is 4.68. The molecule has 0 N–H and O–H groups in total. The van der Waals surface area contributed by atoms with Gasteiger partial charge in [0.1, 0.15) is 0 Å². The predicted molar refractivity (Wildman–Crippen MR) is 124 cm³/mol. The molecule has 6 nitrogen and oxygen atoms in total. The van der Waals surface area contributed by atoms with Gasteiger partial charge < -0.3 is 4.57 Å². The topological polar surface area (TPSA) is 68.1 Å². The van der Waals surface area contributed by atoms with Gasteiger partial charge in [-0.15, -0.1) is 0 Å². The first-order valence-corrected chi connectivity index (χ1v) is 11.1. The maximum absolute atomic E-state index is 13.4. The van der Waals surface area contributed by atoms with Crippen LogP contribution in [0.5, 0.6) is 0 Å². The van der Waals surface area contributed by atoms with Gasteiger partial charge in [0.15, 0.2) is 10.9 Å². The molecular formula is C23H21ClN4O2S. The van der Waals surface area contributed by atoms with Crippen LogP contribution >= 0.6 is 22.9 Å². The maximum Gasteiger partial charge on any atom is 0.260 e. The number of carbonyl (C=O) groups excluding carboxylic acids is 2. The molecule has 0 unspecified atom stereocenters. The Balaban J connectivity index is 1.65. The second kappa shape index (κ2) is 8.99. The quantitative estimate of drug-likeness (QED) is 0.352. The first-order valence-electron chi connectivity index (χ1n) is 9.87. The van der Waals surface area contributed by atoms with Gasteiger partial charge >= 0.3 is 0 Å². The second-order valence-electron chi connectivity index (χ2n) is 7.31. The Morgan fingerprint density at radius 2 is 1.90 bits per heavy atom. The molecular weight excluding hydrogens is 432 g/mol. The predicted octanol–water partition coefficient (Wildman–Crippen LogP) is 5.39. The minimum atomic E-state index is -0.150. The van der Waals surface area contributed by atoms with Crippen LogP contribution < -0.4 is 4.90 Å². The van der Waals surface area contributed by atoms with Crippen molar-refractivity contribution in [3.8, 4) is 0 Å². The van der Waals surface area contributed by atoms with Crippen LogP contribution in [0.4, 0.5) is 5.13 Å². The van der Waals surface area contributed by atoms with E-state index in [1.54, 1.807) is 41.7 Å². The number of benzene rings is 2. The van der Waals surface area contributed by atoms with Gasteiger partial charge in [-0.25, -0.2) is 9.97 Å². The molecule has 158 valence electrons. The SMILES string of the molecule is CC(=O)c1ccc(C(=O)N(CCCn2ccnc2)c2nc3c(C)cc(Cl)cc3s2)cc1. The van der Waals surface area contributed by atoms with E-state index in [1.807, 2.05) is 29.8 Å². The number of hydrogen-bond acceptors (Lipinski definition) is 5. The van der Waals surface area contributed by atoms with Gasteiger partial charge in [0, 0.05) is 41.6 Å². The summed E-state index contributed by atoms with van der Waals surface area (Å²) in [6, 6.07) is 10.5. The number of nitrogens with zero attached hydrogens (tertiary/aromatic N) is 4. The van der Waals surface area contributed by atoms with Crippen LogP contribution in [-0.2, 0) is 6.54 Å². The van der Waals surface area contributed by atoms with Gasteiger partial charge in [-0.3, -0.25) is 14.5 Å². The van der Waals surface area contributed by atoms with Crippen LogP contribution in [0.25, 0.3) is 10.2 Å². The fraction of sp³-hybridized carbons (Fsp3) is 0.217. The Bertz CT molecular complexity index is 1230. The number of anilines is 1. The number of aryl methyl sites for hydroxylation is 2. The van der Waals surface area contributed by atoms with Crippen molar-refractivity contribution >= 4 is 50.0 Å². The zero-order valence-corrected chi connectivity index (χ0v) is 18.8. The Kier molecular flexibility index (Phi) is 6.15. The molecule has 0 bridgehead atoms. The first kappa shape index (κ1) is 21.2. The summed E-state index contributed by atoms with van der Waals surface area (Å²) in [5.74, 6) is -0.182. The molecule has 0 spiro atoms. The van der Waals surface area contributed by atoms with Crippen LogP contribution in [0, 0.1) is 6.92 Å². The average molecular weight is 453 g/mol. The van der Waals surface area contributed by atoms with E-state index in [4.69, 9.17) is 16.6 Å². The molecule has 1 amide bonds. The van der Waals surface area contributed by atoms with E-state index < -0.39 is 0 Å². The molecule has 2 aromatic carbocycles. The molecule has 0 saturated carbocycles. The molecule has 2 aromatic heterocycles. The van der Waals surface area contributed by atoms with Gasteiger partial charge in [-0.1, -0.05) is 35.1 Å². The van der Waals surface area contributed by atoms with Crippen LogP contribution in [0.15, 0.2) is 55.1 Å². The lowest BCUT2D eigenvalue weighted by Gasteiger charge is -2.20. The molecule has 0 fully saturated rings. The summed E-state index contributed by atoms with van der Waals surface area (Å²) < 4.78 is 2.92. The van der Waals surface area contributed by atoms with E-state index in [1.165, 1.54) is 18.3 Å². The number of aromatic nitrogens is 3. The van der Waals surface area contributed by atoms with E-state index in [0.29, 0.717) is 27.8 Å². The van der Waals surface area contributed by atoms with Crippen molar-refractivity contribution in [1.82, 2.24) is 14.5 Å². The minimum Gasteiger partial charge on any atom is -0.337 e. The number of fused-ring (bicyclic) bond motifs is 1. The summed E-state index contributed by atoms with van der Waals surface area (Å²) in [4.78, 5) is 35.5. The van der Waals surface area contributed by atoms with Crippen LogP contribution in [0.2, 0.25) is 5.02 Å². The van der Waals surface area contributed by atoms with Crippen molar-refractivity contribution in [1.29, 1.82) is 0 Å². The summed E-state index contributed by atoms with van der Waals surface area (Å²) in [7, 11) is 0. The van der Waals surface area contributed by atoms with Crippen molar-refractivity contribution in [3.05, 3.63) is 76.8 Å². The highest BCUT2D eigenvalue weighted by Crippen LogP contribution is 2.33. The van der Waals surface area contributed by atoms with Crippen LogP contribution in [0.3, 0.4) is 0 Å². The number of ketones is 1. The smallest absolute Gasteiger partial charge is 0.260 e. The monoisotopic (exact) mass is 452 g/mol. The maximum atomic E-state index is 13.4. The van der Waals surface area contributed by atoms with Gasteiger partial charge in [-0.2, -0.15) is 0 Å². The van der Waals surface area contributed by atoms with Crippen molar-refractivity contribution in [2.45, 2.75) is 26.8 Å². The molecule has 0 aliphatic carbocycles. The molecule has 0 radical (unpaired) electrons. The summed E-state index contributed by atoms with van der Waals surface area (Å²) in [5.41, 5.74) is 2.92. The molecule has 8 heteroatoms. The lowest BCUT2D eigenvalue weighted by atomic mass is 10.1. The van der Waals surface area contributed by atoms with Gasteiger partial charge in [-0.05, 0) is 50.1 Å². The van der Waals surface area contributed by atoms with Crippen molar-refractivity contribution in [3.63, 3.8) is 0 Å². The average Bonchev–Trinajstić information content (AvgIpc) is 3.40. The third-order valence-electron chi connectivity index (χ3n) is 5.01. The van der Waals surface area contributed by atoms with Crippen LogP contribution in [0.1, 0.15) is 39.6 Å². The number of imidazole rings is 1. The normalized spacial score (nSPS) is 11.1. The number of amides is 1. The fourth-order valence-corrected chi connectivity index (χ4v) is 4.82. The molecule has 31 heavy (non-hydrogen) atoms. The Labute approximate surface area is 189 Å². The van der Waals surface area contributed by atoms with E-state index >= 15 is 0 Å². The van der Waals surface area contributed by atoms with Gasteiger partial charge in [0.25, 0.3) is 5.91 Å². The van der Waals surface area contributed by atoms with E-state index in [0.717, 1.165) is 28.7 Å². The summed E-state index contributed by atoms with van der Waals surface area (Å²) >= 11 is 7.66. The summed E-state index contributed by atoms with van der Waals surface area (Å²) in [5, 5.41) is 1.28. The molecule has 0 aliphatic rings. The lowest BCUT2D eigenvalue weighted by Crippen LogP contribution is -2.32. The molecule has 0 aliphatic heterocycles. The van der Waals surface area contributed by atoms with E-state index in [2.05, 4.69) is 4.98 Å². The molecule has 0 atom stereocenters. The zero-order valence-electron chi connectivity index (χ0n) is 17.2. The van der Waals surface area contributed by atoms with Crippen LogP contribution in [-0.4, -0.2) is 32.8 Å². The first-order chi connectivity index (χ1) is 14.9. The highest BCUT2D eigenvalue weighted by atomic mass is 35.5. The Morgan fingerprint density at radius 1 is 1.16 bits per heavy atom. The zero-order chi connectivity index (χ0) is 22.0. The van der Waals surface area contributed by atoms with Crippen molar-refractivity contribution in [2.24, 2.45) is 0 Å². The number of halogens is 1. The number of rotatable bonds is 7. The fourth-order valence-electron chi connectivity index (χ4n) is 3.38.